The topological polar surface area (TPSA) is 88.5 Å². The van der Waals surface area contributed by atoms with E-state index in [1.54, 1.807) is 49.5 Å². The van der Waals surface area contributed by atoms with Crippen molar-refractivity contribution < 1.29 is 18.7 Å². The first-order valence-electron chi connectivity index (χ1n) is 12.5. The Morgan fingerprint density at radius 1 is 1.18 bits per heavy atom. The number of likely N-dealkylation sites (N-methyl/N-ethyl adjacent to an activating group) is 1. The van der Waals surface area contributed by atoms with E-state index in [1.807, 2.05) is 11.6 Å². The number of likely N-dealkylation sites (tertiary alicyclic amines) is 1. The fourth-order valence-electron chi connectivity index (χ4n) is 5.18. The van der Waals surface area contributed by atoms with Gasteiger partial charge in [0, 0.05) is 32.2 Å². The number of methoxy groups -OCH3 is 1. The standard InChI is InChI=1S/C29H28FN5O3S/c1-5-19-10-11-26(39-19)29(37)32-17-12-18(16-34(3)15-17)35-24-14-25(38-4)21(28(36)31-2)13-23(24)33-27(35)20-8-6-7-9-22(20)30/h1,6-11,13-14,17-18H,12,15-16H2,2-4H3,(H,31,36)(H,32,37). The smallest absolute Gasteiger partial charge is 0.261 e. The molecule has 10 heteroatoms. The molecule has 200 valence electrons. The number of halogens is 1. The number of imidazole rings is 1. The van der Waals surface area contributed by atoms with E-state index in [-0.39, 0.29) is 23.9 Å². The number of amides is 2. The Hall–Kier alpha value is -4.20. The zero-order valence-electron chi connectivity index (χ0n) is 21.8. The molecule has 1 saturated heterocycles. The van der Waals surface area contributed by atoms with Gasteiger partial charge in [0.1, 0.15) is 17.4 Å². The van der Waals surface area contributed by atoms with Gasteiger partial charge in [-0.3, -0.25) is 9.59 Å². The Morgan fingerprint density at radius 2 is 1.97 bits per heavy atom. The first-order valence-corrected chi connectivity index (χ1v) is 13.3. The molecule has 2 aromatic heterocycles. The minimum Gasteiger partial charge on any atom is -0.496 e. The number of ether oxygens (including phenoxy) is 1. The van der Waals surface area contributed by atoms with Gasteiger partial charge in [-0.1, -0.05) is 18.1 Å². The van der Waals surface area contributed by atoms with Gasteiger partial charge in [-0.25, -0.2) is 9.37 Å². The van der Waals surface area contributed by atoms with Crippen molar-refractivity contribution in [3.8, 4) is 29.5 Å². The Bertz CT molecular complexity index is 1600. The number of nitrogens with one attached hydrogen (secondary N) is 2. The third kappa shape index (κ3) is 5.11. The number of nitrogens with zero attached hydrogens (tertiary/aromatic N) is 3. The van der Waals surface area contributed by atoms with Crippen LogP contribution in [0, 0.1) is 18.2 Å². The van der Waals surface area contributed by atoms with Crippen molar-refractivity contribution in [2.75, 3.05) is 34.3 Å². The summed E-state index contributed by atoms with van der Waals surface area (Å²) in [6, 6.07) is 13.1. The molecule has 0 saturated carbocycles. The Kier molecular flexibility index (Phi) is 7.37. The van der Waals surface area contributed by atoms with Crippen LogP contribution < -0.4 is 15.4 Å². The molecule has 5 rings (SSSR count). The van der Waals surface area contributed by atoms with Gasteiger partial charge in [-0.2, -0.15) is 0 Å². The van der Waals surface area contributed by atoms with Crippen molar-refractivity contribution in [3.05, 3.63) is 69.7 Å². The molecule has 0 spiro atoms. The summed E-state index contributed by atoms with van der Waals surface area (Å²) in [4.78, 5) is 33.7. The molecule has 4 aromatic rings. The van der Waals surface area contributed by atoms with Gasteiger partial charge in [0.05, 0.1) is 45.1 Å². The number of thiophene rings is 1. The third-order valence-corrected chi connectivity index (χ3v) is 7.90. The summed E-state index contributed by atoms with van der Waals surface area (Å²) in [5.41, 5.74) is 1.94. The largest absolute Gasteiger partial charge is 0.496 e. The van der Waals surface area contributed by atoms with Gasteiger partial charge in [-0.15, -0.1) is 17.8 Å². The average molecular weight is 546 g/mol. The van der Waals surface area contributed by atoms with E-state index in [4.69, 9.17) is 16.1 Å². The molecule has 39 heavy (non-hydrogen) atoms. The quantitative estimate of drug-likeness (QED) is 0.359. The lowest BCUT2D eigenvalue weighted by molar-refractivity contribution is 0.0897. The van der Waals surface area contributed by atoms with Crippen molar-refractivity contribution in [2.24, 2.45) is 0 Å². The number of rotatable bonds is 6. The van der Waals surface area contributed by atoms with Gasteiger partial charge in [0.15, 0.2) is 0 Å². The van der Waals surface area contributed by atoms with E-state index < -0.39 is 5.82 Å². The molecule has 2 atom stereocenters. The SMILES string of the molecule is C#Cc1ccc(C(=O)NC2CC(n3c(-c4ccccc4F)nc4cc(C(=O)NC)c(OC)cc43)CN(C)C2)s1. The van der Waals surface area contributed by atoms with E-state index >= 15 is 4.39 Å². The molecule has 2 N–H and O–H groups in total. The molecule has 2 aromatic carbocycles. The number of fused-ring (bicyclic) bond motifs is 1. The minimum atomic E-state index is -0.399. The summed E-state index contributed by atoms with van der Waals surface area (Å²) in [6.45, 7) is 1.31. The first kappa shape index (κ1) is 26.4. The van der Waals surface area contributed by atoms with Crippen molar-refractivity contribution in [2.45, 2.75) is 18.5 Å². The Morgan fingerprint density at radius 3 is 2.67 bits per heavy atom. The van der Waals surface area contributed by atoms with Gasteiger partial charge in [-0.05, 0) is 43.8 Å². The summed E-state index contributed by atoms with van der Waals surface area (Å²) in [6.07, 6.45) is 6.06. The van der Waals surface area contributed by atoms with Crippen LogP contribution in [0.1, 0.15) is 37.4 Å². The second-order valence-corrected chi connectivity index (χ2v) is 10.6. The number of benzene rings is 2. The van der Waals surface area contributed by atoms with Crippen molar-refractivity contribution >= 4 is 34.2 Å². The third-order valence-electron chi connectivity index (χ3n) is 6.88. The molecule has 1 fully saturated rings. The zero-order chi connectivity index (χ0) is 27.7. The maximum atomic E-state index is 15.1. The minimum absolute atomic E-state index is 0.159. The monoisotopic (exact) mass is 545 g/mol. The first-order chi connectivity index (χ1) is 18.8. The van der Waals surface area contributed by atoms with Crippen LogP contribution in [-0.4, -0.2) is 66.6 Å². The molecule has 0 radical (unpaired) electrons. The molecule has 0 aliphatic carbocycles. The molecule has 3 heterocycles. The van der Waals surface area contributed by atoms with Crippen molar-refractivity contribution in [1.82, 2.24) is 25.1 Å². The fraction of sp³-hybridized carbons (Fsp3) is 0.276. The van der Waals surface area contributed by atoms with Crippen LogP contribution in [0.3, 0.4) is 0 Å². The number of carbonyl (C=O) groups excluding carboxylic acids is 2. The highest BCUT2D eigenvalue weighted by Crippen LogP contribution is 2.36. The predicted molar refractivity (Wildman–Crippen MR) is 150 cm³/mol. The normalized spacial score (nSPS) is 17.5. The van der Waals surface area contributed by atoms with Crippen LogP contribution in [0.5, 0.6) is 5.75 Å². The number of aromatic nitrogens is 2. The number of piperidine rings is 1. The van der Waals surface area contributed by atoms with E-state index in [0.29, 0.717) is 63.0 Å². The van der Waals surface area contributed by atoms with Gasteiger partial charge in [0.25, 0.3) is 11.8 Å². The molecular formula is C29H28FN5O3S. The van der Waals surface area contributed by atoms with Crippen LogP contribution >= 0.6 is 11.3 Å². The number of carbonyl (C=O) groups is 2. The summed E-state index contributed by atoms with van der Waals surface area (Å²) >= 11 is 1.28. The second-order valence-electron chi connectivity index (χ2n) is 9.49. The van der Waals surface area contributed by atoms with Crippen LogP contribution in [0.25, 0.3) is 22.4 Å². The van der Waals surface area contributed by atoms with Crippen LogP contribution in [0.2, 0.25) is 0 Å². The summed E-state index contributed by atoms with van der Waals surface area (Å²) < 4.78 is 22.6. The number of hydrogen-bond acceptors (Lipinski definition) is 6. The average Bonchev–Trinajstić information content (AvgIpc) is 3.56. The van der Waals surface area contributed by atoms with Crippen molar-refractivity contribution in [1.29, 1.82) is 0 Å². The lowest BCUT2D eigenvalue weighted by Crippen LogP contribution is -2.49. The maximum absolute atomic E-state index is 15.1. The molecule has 2 unspecified atom stereocenters. The van der Waals surface area contributed by atoms with E-state index in [2.05, 4.69) is 21.5 Å². The van der Waals surface area contributed by atoms with E-state index in [1.165, 1.54) is 24.5 Å². The van der Waals surface area contributed by atoms with E-state index in [9.17, 15) is 9.59 Å². The molecule has 8 nitrogen and oxygen atoms in total. The Balaban J connectivity index is 1.58. The van der Waals surface area contributed by atoms with Gasteiger partial charge in [0.2, 0.25) is 0 Å². The summed E-state index contributed by atoms with van der Waals surface area (Å²) in [7, 11) is 5.03. The fourth-order valence-corrected chi connectivity index (χ4v) is 5.90. The lowest BCUT2D eigenvalue weighted by Gasteiger charge is -2.37. The molecule has 1 aliphatic rings. The second kappa shape index (κ2) is 10.9. The zero-order valence-corrected chi connectivity index (χ0v) is 22.6. The van der Waals surface area contributed by atoms with Crippen molar-refractivity contribution in [3.63, 3.8) is 0 Å². The molecular weight excluding hydrogens is 517 g/mol. The maximum Gasteiger partial charge on any atom is 0.261 e. The highest BCUT2D eigenvalue weighted by molar-refractivity contribution is 7.14. The predicted octanol–water partition coefficient (Wildman–Crippen LogP) is 3.93. The highest BCUT2D eigenvalue weighted by atomic mass is 32.1. The van der Waals surface area contributed by atoms with Gasteiger partial charge < -0.3 is 24.8 Å². The summed E-state index contributed by atoms with van der Waals surface area (Å²) in [5.74, 6) is 2.51. The van der Waals surface area contributed by atoms with E-state index in [0.717, 1.165) is 0 Å². The lowest BCUT2D eigenvalue weighted by atomic mass is 9.99. The number of hydrogen-bond donors (Lipinski definition) is 2. The highest BCUT2D eigenvalue weighted by Gasteiger charge is 2.32. The molecule has 2 amide bonds. The summed E-state index contributed by atoms with van der Waals surface area (Å²) in [5, 5.41) is 5.77. The van der Waals surface area contributed by atoms with Crippen LogP contribution in [0.15, 0.2) is 48.5 Å². The molecule has 0 bridgehead atoms. The van der Waals surface area contributed by atoms with Gasteiger partial charge >= 0.3 is 0 Å². The molecule has 1 aliphatic heterocycles. The van der Waals surface area contributed by atoms with Crippen LogP contribution in [0.4, 0.5) is 4.39 Å². The Labute approximate surface area is 229 Å². The van der Waals surface area contributed by atoms with Crippen LogP contribution in [-0.2, 0) is 0 Å². The number of terminal acetylenes is 1.